The normalized spacial score (nSPS) is 16.5. The van der Waals surface area contributed by atoms with E-state index in [1.165, 1.54) is 10.6 Å². The van der Waals surface area contributed by atoms with Crippen LogP contribution in [0.3, 0.4) is 0 Å². The van der Waals surface area contributed by atoms with Gasteiger partial charge in [-0.2, -0.15) is 18.2 Å². The third kappa shape index (κ3) is 5.26. The average Bonchev–Trinajstić information content (AvgIpc) is 3.21. The van der Waals surface area contributed by atoms with Crippen molar-refractivity contribution in [3.8, 4) is 5.69 Å². The summed E-state index contributed by atoms with van der Waals surface area (Å²) in [6.45, 7) is 7.89. The molecule has 0 aliphatic carbocycles. The summed E-state index contributed by atoms with van der Waals surface area (Å²) in [6.07, 6.45) is -4.44. The summed E-state index contributed by atoms with van der Waals surface area (Å²) in [7, 11) is 0. The number of hydrogen-bond donors (Lipinski definition) is 1. The van der Waals surface area contributed by atoms with E-state index in [0.29, 0.717) is 30.6 Å². The zero-order valence-electron chi connectivity index (χ0n) is 19.9. The Morgan fingerprint density at radius 3 is 2.51 bits per heavy atom. The van der Waals surface area contributed by atoms with E-state index in [1.54, 1.807) is 56.9 Å². The number of para-hydroxylation sites is 1. The number of ether oxygens (including phenoxy) is 1. The summed E-state index contributed by atoms with van der Waals surface area (Å²) in [5, 5.41) is 3.54. The Hall–Kier alpha value is -3.56. The number of carbonyl (C=O) groups excluding carboxylic acids is 1. The van der Waals surface area contributed by atoms with Crippen LogP contribution in [0.5, 0.6) is 0 Å². The van der Waals surface area contributed by atoms with Crippen molar-refractivity contribution in [1.29, 1.82) is 0 Å². The fourth-order valence-electron chi connectivity index (χ4n) is 4.12. The molecule has 1 atom stereocenters. The van der Waals surface area contributed by atoms with Crippen molar-refractivity contribution >= 4 is 22.8 Å². The van der Waals surface area contributed by atoms with Gasteiger partial charge in [-0.15, -0.1) is 0 Å². The smallest absolute Gasteiger partial charge is 0.416 e. The van der Waals surface area contributed by atoms with Gasteiger partial charge in [0.25, 0.3) is 0 Å². The van der Waals surface area contributed by atoms with Gasteiger partial charge < -0.3 is 15.0 Å². The highest BCUT2D eigenvalue weighted by Crippen LogP contribution is 2.33. The van der Waals surface area contributed by atoms with Crippen molar-refractivity contribution in [2.75, 3.05) is 18.4 Å². The molecule has 4 rings (SSSR count). The zero-order valence-corrected chi connectivity index (χ0v) is 19.9. The van der Waals surface area contributed by atoms with Crippen LogP contribution in [0.1, 0.15) is 38.3 Å². The standard InChI is InChI=1S/C25H27F3N4O3/c1-15-7-5-6-8-19(15)32-20-13-16(25(26,27)28)9-10-18(20)21(30-22(32)33)29-17-11-12-31(14-17)23(34)35-24(2,3)4/h5-10,13,17H,11-12,14H2,1-4H3,(H,29,30,33). The quantitative estimate of drug-likeness (QED) is 0.553. The molecule has 0 bridgehead atoms. The Labute approximate surface area is 200 Å². The van der Waals surface area contributed by atoms with Crippen LogP contribution in [0.25, 0.3) is 16.6 Å². The van der Waals surface area contributed by atoms with Gasteiger partial charge in [0.1, 0.15) is 11.4 Å². The highest BCUT2D eigenvalue weighted by atomic mass is 19.4. The Kier molecular flexibility index (Phi) is 6.25. The molecule has 1 saturated heterocycles. The molecule has 2 aromatic carbocycles. The maximum atomic E-state index is 13.5. The monoisotopic (exact) mass is 488 g/mol. The SMILES string of the molecule is Cc1ccccc1-n1c(=O)nc(NC2CCN(C(=O)OC(C)(C)C)C2)c2ccc(C(F)(F)F)cc21. The van der Waals surface area contributed by atoms with Gasteiger partial charge in [-0.1, -0.05) is 18.2 Å². The summed E-state index contributed by atoms with van der Waals surface area (Å²) in [6, 6.07) is 9.97. The molecule has 0 spiro atoms. The van der Waals surface area contributed by atoms with Crippen LogP contribution in [0.4, 0.5) is 23.8 Å². The van der Waals surface area contributed by atoms with Crippen LogP contribution in [-0.4, -0.2) is 45.3 Å². The van der Waals surface area contributed by atoms with E-state index in [0.717, 1.165) is 17.7 Å². The summed E-state index contributed by atoms with van der Waals surface area (Å²) in [5.74, 6) is 0.180. The van der Waals surface area contributed by atoms with Gasteiger partial charge in [0.05, 0.1) is 16.8 Å². The van der Waals surface area contributed by atoms with Crippen molar-refractivity contribution in [1.82, 2.24) is 14.5 Å². The van der Waals surface area contributed by atoms with Gasteiger partial charge in [-0.05, 0) is 63.9 Å². The Morgan fingerprint density at radius 2 is 1.86 bits per heavy atom. The molecule has 10 heteroatoms. The van der Waals surface area contributed by atoms with Crippen LogP contribution in [0.15, 0.2) is 47.3 Å². The molecule has 186 valence electrons. The number of nitrogens with one attached hydrogen (secondary N) is 1. The molecule has 1 amide bonds. The predicted molar refractivity (Wildman–Crippen MR) is 127 cm³/mol. The van der Waals surface area contributed by atoms with Crippen LogP contribution in [0.2, 0.25) is 0 Å². The number of likely N-dealkylation sites (tertiary alicyclic amines) is 1. The molecule has 1 aromatic heterocycles. The van der Waals surface area contributed by atoms with E-state index in [4.69, 9.17) is 4.74 Å². The number of carbonyl (C=O) groups is 1. The lowest BCUT2D eigenvalue weighted by molar-refractivity contribution is -0.137. The van der Waals surface area contributed by atoms with Crippen LogP contribution in [-0.2, 0) is 10.9 Å². The number of alkyl halides is 3. The van der Waals surface area contributed by atoms with E-state index >= 15 is 0 Å². The summed E-state index contributed by atoms with van der Waals surface area (Å²) in [4.78, 5) is 31.2. The van der Waals surface area contributed by atoms with E-state index in [9.17, 15) is 22.8 Å². The lowest BCUT2D eigenvalue weighted by atomic mass is 10.1. The fourth-order valence-corrected chi connectivity index (χ4v) is 4.12. The molecular formula is C25H27F3N4O3. The molecule has 1 N–H and O–H groups in total. The van der Waals surface area contributed by atoms with Crippen LogP contribution in [0, 0.1) is 6.92 Å². The largest absolute Gasteiger partial charge is 0.444 e. The first-order chi connectivity index (χ1) is 16.3. The molecule has 1 fully saturated rings. The second kappa shape index (κ2) is 8.90. The molecule has 7 nitrogen and oxygen atoms in total. The third-order valence-corrected chi connectivity index (χ3v) is 5.76. The van der Waals surface area contributed by atoms with Gasteiger partial charge in [0.15, 0.2) is 0 Å². The first-order valence-corrected chi connectivity index (χ1v) is 11.3. The van der Waals surface area contributed by atoms with E-state index in [2.05, 4.69) is 10.3 Å². The van der Waals surface area contributed by atoms with Gasteiger partial charge in [-0.3, -0.25) is 4.57 Å². The minimum atomic E-state index is -4.57. The molecule has 2 heterocycles. The number of amides is 1. The molecule has 1 aliphatic heterocycles. The summed E-state index contributed by atoms with van der Waals surface area (Å²) >= 11 is 0. The number of nitrogens with zero attached hydrogens (tertiary/aromatic N) is 3. The molecule has 3 aromatic rings. The Morgan fingerprint density at radius 1 is 1.14 bits per heavy atom. The maximum Gasteiger partial charge on any atom is 0.416 e. The number of benzene rings is 2. The first-order valence-electron chi connectivity index (χ1n) is 11.3. The molecular weight excluding hydrogens is 461 g/mol. The first kappa shape index (κ1) is 24.6. The minimum absolute atomic E-state index is 0.0959. The van der Waals surface area contributed by atoms with Gasteiger partial charge in [0.2, 0.25) is 0 Å². The van der Waals surface area contributed by atoms with Gasteiger partial charge in [-0.25, -0.2) is 9.59 Å². The molecule has 1 aliphatic rings. The second-order valence-electron chi connectivity index (χ2n) is 9.65. The predicted octanol–water partition coefficient (Wildman–Crippen LogP) is 5.13. The Bertz CT molecular complexity index is 1330. The number of hydrogen-bond acceptors (Lipinski definition) is 5. The number of halogens is 3. The molecule has 0 radical (unpaired) electrons. The van der Waals surface area contributed by atoms with E-state index < -0.39 is 29.1 Å². The molecule has 35 heavy (non-hydrogen) atoms. The topological polar surface area (TPSA) is 76.5 Å². The highest BCUT2D eigenvalue weighted by Gasteiger charge is 2.33. The van der Waals surface area contributed by atoms with Crippen molar-refractivity contribution in [3.63, 3.8) is 0 Å². The number of anilines is 1. The summed E-state index contributed by atoms with van der Waals surface area (Å²) in [5.41, 5.74) is -0.913. The van der Waals surface area contributed by atoms with Crippen LogP contribution >= 0.6 is 0 Å². The maximum absolute atomic E-state index is 13.5. The average molecular weight is 489 g/mol. The number of rotatable bonds is 3. The van der Waals surface area contributed by atoms with Crippen molar-refractivity contribution in [3.05, 3.63) is 64.1 Å². The van der Waals surface area contributed by atoms with E-state index in [-0.39, 0.29) is 17.4 Å². The zero-order chi connectivity index (χ0) is 25.5. The van der Waals surface area contributed by atoms with Gasteiger partial charge in [0, 0.05) is 24.5 Å². The number of fused-ring (bicyclic) bond motifs is 1. The van der Waals surface area contributed by atoms with Gasteiger partial charge >= 0.3 is 18.0 Å². The number of aryl methyl sites for hydroxylation is 1. The Balaban J connectivity index is 1.74. The summed E-state index contributed by atoms with van der Waals surface area (Å²) < 4.78 is 47.2. The lowest BCUT2D eigenvalue weighted by Crippen LogP contribution is -2.37. The van der Waals surface area contributed by atoms with E-state index in [1.807, 2.05) is 0 Å². The van der Waals surface area contributed by atoms with Crippen molar-refractivity contribution in [2.24, 2.45) is 0 Å². The third-order valence-electron chi connectivity index (χ3n) is 5.76. The fraction of sp³-hybridized carbons (Fsp3) is 0.400. The second-order valence-corrected chi connectivity index (χ2v) is 9.65. The molecule has 0 saturated carbocycles. The van der Waals surface area contributed by atoms with Crippen molar-refractivity contribution in [2.45, 2.75) is 51.9 Å². The molecule has 1 unspecified atom stereocenters. The highest BCUT2D eigenvalue weighted by molar-refractivity contribution is 5.91. The minimum Gasteiger partial charge on any atom is -0.444 e. The number of aromatic nitrogens is 2. The lowest BCUT2D eigenvalue weighted by Gasteiger charge is -2.24. The van der Waals surface area contributed by atoms with Crippen LogP contribution < -0.4 is 11.0 Å². The van der Waals surface area contributed by atoms with Crippen molar-refractivity contribution < 1.29 is 22.7 Å².